The number of nitrogens with one attached hydrogen (secondary N) is 1. The quantitative estimate of drug-likeness (QED) is 0.894. The zero-order chi connectivity index (χ0) is 11.4. The molecule has 0 aromatic heterocycles. The molecule has 0 spiro atoms. The SMILES string of the molecule is N#Cc1ccc(Cl)cc1NCC1CCCS1. The van der Waals surface area contributed by atoms with E-state index in [-0.39, 0.29) is 0 Å². The summed E-state index contributed by atoms with van der Waals surface area (Å²) in [5.41, 5.74) is 1.51. The molecule has 2 nitrogen and oxygen atoms in total. The summed E-state index contributed by atoms with van der Waals surface area (Å²) in [6, 6.07) is 7.49. The number of halogens is 1. The van der Waals surface area contributed by atoms with E-state index in [0.717, 1.165) is 12.2 Å². The van der Waals surface area contributed by atoms with Crippen LogP contribution in [-0.2, 0) is 0 Å². The van der Waals surface area contributed by atoms with Crippen LogP contribution in [0.5, 0.6) is 0 Å². The molecular formula is C12H13ClN2S. The first-order valence-corrected chi connectivity index (χ1v) is 6.77. The highest BCUT2D eigenvalue weighted by Crippen LogP contribution is 2.27. The van der Waals surface area contributed by atoms with Gasteiger partial charge in [0.15, 0.2) is 0 Å². The molecule has 1 unspecified atom stereocenters. The molecule has 1 aromatic carbocycles. The summed E-state index contributed by atoms with van der Waals surface area (Å²) in [5.74, 6) is 1.26. The summed E-state index contributed by atoms with van der Waals surface area (Å²) >= 11 is 7.92. The molecule has 2 rings (SSSR count). The number of hydrogen-bond acceptors (Lipinski definition) is 3. The molecule has 0 radical (unpaired) electrons. The van der Waals surface area contributed by atoms with E-state index in [1.807, 2.05) is 17.8 Å². The standard InChI is InChI=1S/C12H13ClN2S/c13-10-4-3-9(7-14)12(6-10)15-8-11-2-1-5-16-11/h3-4,6,11,15H,1-2,5,8H2. The number of nitrogens with zero attached hydrogens (tertiary/aromatic N) is 1. The van der Waals surface area contributed by atoms with Gasteiger partial charge in [-0.3, -0.25) is 0 Å². The second-order valence-electron chi connectivity index (χ2n) is 3.82. The van der Waals surface area contributed by atoms with Crippen LogP contribution < -0.4 is 5.32 Å². The Balaban J connectivity index is 2.02. The van der Waals surface area contributed by atoms with Gasteiger partial charge in [0.25, 0.3) is 0 Å². The number of anilines is 1. The van der Waals surface area contributed by atoms with Crippen molar-refractivity contribution in [3.63, 3.8) is 0 Å². The van der Waals surface area contributed by atoms with Crippen LogP contribution in [0.15, 0.2) is 18.2 Å². The van der Waals surface area contributed by atoms with E-state index in [1.165, 1.54) is 18.6 Å². The van der Waals surface area contributed by atoms with Gasteiger partial charge in [0.1, 0.15) is 6.07 Å². The van der Waals surface area contributed by atoms with Gasteiger partial charge in [-0.05, 0) is 36.8 Å². The Morgan fingerprint density at radius 3 is 3.12 bits per heavy atom. The molecule has 1 saturated heterocycles. The molecule has 0 amide bonds. The molecule has 1 aliphatic heterocycles. The number of rotatable bonds is 3. The van der Waals surface area contributed by atoms with Crippen LogP contribution in [0.25, 0.3) is 0 Å². The first-order chi connectivity index (χ1) is 7.79. The average molecular weight is 253 g/mol. The van der Waals surface area contributed by atoms with Crippen molar-refractivity contribution in [2.45, 2.75) is 18.1 Å². The van der Waals surface area contributed by atoms with Crippen molar-refractivity contribution in [1.29, 1.82) is 5.26 Å². The first-order valence-electron chi connectivity index (χ1n) is 5.35. The maximum absolute atomic E-state index is 8.96. The van der Waals surface area contributed by atoms with Gasteiger partial charge >= 0.3 is 0 Å². The van der Waals surface area contributed by atoms with Crippen molar-refractivity contribution in [1.82, 2.24) is 0 Å². The normalized spacial score (nSPS) is 19.4. The predicted molar refractivity (Wildman–Crippen MR) is 70.1 cm³/mol. The van der Waals surface area contributed by atoms with E-state index >= 15 is 0 Å². The summed E-state index contributed by atoms with van der Waals surface area (Å²) in [7, 11) is 0. The highest BCUT2D eigenvalue weighted by molar-refractivity contribution is 8.00. The van der Waals surface area contributed by atoms with Crippen molar-refractivity contribution >= 4 is 29.1 Å². The Hall–Kier alpha value is -0.850. The molecule has 1 aromatic rings. The van der Waals surface area contributed by atoms with Gasteiger partial charge in [-0.15, -0.1) is 0 Å². The first kappa shape index (κ1) is 11.6. The molecular weight excluding hydrogens is 240 g/mol. The lowest BCUT2D eigenvalue weighted by Crippen LogP contribution is -2.14. The Morgan fingerprint density at radius 2 is 2.44 bits per heavy atom. The summed E-state index contributed by atoms with van der Waals surface area (Å²) < 4.78 is 0. The van der Waals surface area contributed by atoms with Crippen molar-refractivity contribution in [2.75, 3.05) is 17.6 Å². The van der Waals surface area contributed by atoms with Crippen LogP contribution in [-0.4, -0.2) is 17.5 Å². The van der Waals surface area contributed by atoms with Crippen LogP contribution in [0.2, 0.25) is 5.02 Å². The lowest BCUT2D eigenvalue weighted by molar-refractivity contribution is 0.805. The second kappa shape index (κ2) is 5.47. The number of benzene rings is 1. The minimum atomic E-state index is 0.660. The molecule has 16 heavy (non-hydrogen) atoms. The molecule has 4 heteroatoms. The van der Waals surface area contributed by atoms with Crippen molar-refractivity contribution in [3.8, 4) is 6.07 Å². The summed E-state index contributed by atoms with van der Waals surface area (Å²) in [5, 5.41) is 13.6. The fraction of sp³-hybridized carbons (Fsp3) is 0.417. The molecule has 84 valence electrons. The monoisotopic (exact) mass is 252 g/mol. The minimum Gasteiger partial charge on any atom is -0.383 e. The predicted octanol–water partition coefficient (Wildman–Crippen LogP) is 3.52. The van der Waals surface area contributed by atoms with Gasteiger partial charge < -0.3 is 5.32 Å². The molecule has 0 saturated carbocycles. The van der Waals surface area contributed by atoms with E-state index in [1.54, 1.807) is 12.1 Å². The fourth-order valence-electron chi connectivity index (χ4n) is 1.79. The molecule has 1 fully saturated rings. The van der Waals surface area contributed by atoms with Gasteiger partial charge in [0.2, 0.25) is 0 Å². The lowest BCUT2D eigenvalue weighted by atomic mass is 10.2. The zero-order valence-electron chi connectivity index (χ0n) is 8.87. The fourth-order valence-corrected chi connectivity index (χ4v) is 3.16. The zero-order valence-corrected chi connectivity index (χ0v) is 10.4. The topological polar surface area (TPSA) is 35.8 Å². The third-order valence-corrected chi connectivity index (χ3v) is 4.28. The minimum absolute atomic E-state index is 0.660. The number of hydrogen-bond donors (Lipinski definition) is 1. The maximum Gasteiger partial charge on any atom is 0.101 e. The van der Waals surface area contributed by atoms with Gasteiger partial charge in [-0.2, -0.15) is 17.0 Å². The highest BCUT2D eigenvalue weighted by atomic mass is 35.5. The Morgan fingerprint density at radius 1 is 1.56 bits per heavy atom. The number of nitriles is 1. The molecule has 1 heterocycles. The smallest absolute Gasteiger partial charge is 0.101 e. The van der Waals surface area contributed by atoms with Gasteiger partial charge in [-0.25, -0.2) is 0 Å². The molecule has 0 bridgehead atoms. The molecule has 1 N–H and O–H groups in total. The van der Waals surface area contributed by atoms with Crippen LogP contribution in [0.1, 0.15) is 18.4 Å². The van der Waals surface area contributed by atoms with E-state index in [0.29, 0.717) is 15.8 Å². The Labute approximate surface area is 105 Å². The summed E-state index contributed by atoms with van der Waals surface area (Å²) in [6.45, 7) is 0.916. The van der Waals surface area contributed by atoms with E-state index in [9.17, 15) is 0 Å². The van der Waals surface area contributed by atoms with Gasteiger partial charge in [0, 0.05) is 16.8 Å². The van der Waals surface area contributed by atoms with E-state index < -0.39 is 0 Å². The van der Waals surface area contributed by atoms with Crippen LogP contribution in [0.4, 0.5) is 5.69 Å². The Kier molecular flexibility index (Phi) is 3.98. The van der Waals surface area contributed by atoms with Crippen LogP contribution >= 0.6 is 23.4 Å². The molecule has 1 aliphatic rings. The van der Waals surface area contributed by atoms with Crippen LogP contribution in [0, 0.1) is 11.3 Å². The average Bonchev–Trinajstić information content (AvgIpc) is 2.79. The van der Waals surface area contributed by atoms with E-state index in [2.05, 4.69) is 11.4 Å². The van der Waals surface area contributed by atoms with Crippen LogP contribution in [0.3, 0.4) is 0 Å². The maximum atomic E-state index is 8.96. The van der Waals surface area contributed by atoms with Gasteiger partial charge in [-0.1, -0.05) is 11.6 Å². The number of thioether (sulfide) groups is 1. The summed E-state index contributed by atoms with van der Waals surface area (Å²) in [6.07, 6.45) is 2.57. The van der Waals surface area contributed by atoms with E-state index in [4.69, 9.17) is 16.9 Å². The van der Waals surface area contributed by atoms with Gasteiger partial charge in [0.05, 0.1) is 11.3 Å². The van der Waals surface area contributed by atoms with Crippen molar-refractivity contribution < 1.29 is 0 Å². The summed E-state index contributed by atoms with van der Waals surface area (Å²) in [4.78, 5) is 0. The molecule has 0 aliphatic carbocycles. The molecule has 1 atom stereocenters. The third kappa shape index (κ3) is 2.84. The van der Waals surface area contributed by atoms with Crippen molar-refractivity contribution in [3.05, 3.63) is 28.8 Å². The highest BCUT2D eigenvalue weighted by Gasteiger charge is 2.15. The lowest BCUT2D eigenvalue weighted by Gasteiger charge is -2.12. The Bertz CT molecular complexity index is 408. The second-order valence-corrected chi connectivity index (χ2v) is 5.66. The van der Waals surface area contributed by atoms with Crippen molar-refractivity contribution in [2.24, 2.45) is 0 Å². The largest absolute Gasteiger partial charge is 0.383 e. The third-order valence-electron chi connectivity index (χ3n) is 2.65.